The molecule has 5 aliphatic heterocycles. The van der Waals surface area contributed by atoms with E-state index in [0.29, 0.717) is 101 Å². The average molecular weight is 952 g/mol. The summed E-state index contributed by atoms with van der Waals surface area (Å²) < 4.78 is 39.4. The van der Waals surface area contributed by atoms with Crippen LogP contribution in [0.25, 0.3) is 11.1 Å². The monoisotopic (exact) mass is 951 g/mol. The fourth-order valence-electron chi connectivity index (χ4n) is 10.4. The minimum Gasteiger partial charge on any atom is -0.384 e. The third kappa shape index (κ3) is 9.93. The topological polar surface area (TPSA) is 205 Å². The number of alkyl halides is 2. The van der Waals surface area contributed by atoms with Gasteiger partial charge in [-0.15, -0.1) is 0 Å². The Kier molecular flexibility index (Phi) is 14.3. The zero-order valence-electron chi connectivity index (χ0n) is 38.9. The summed E-state index contributed by atoms with van der Waals surface area (Å²) in [6.07, 6.45) is 9.11. The Morgan fingerprint density at radius 2 is 1.74 bits per heavy atom. The first kappa shape index (κ1) is 47.4. The van der Waals surface area contributed by atoms with Crippen molar-refractivity contribution < 1.29 is 42.3 Å². The summed E-state index contributed by atoms with van der Waals surface area (Å²) in [6.45, 7) is 4.12. The number of nitrogens with zero attached hydrogens (tertiary/aromatic N) is 7. The summed E-state index contributed by atoms with van der Waals surface area (Å²) in [5.41, 5.74) is 5.58. The normalized spacial score (nSPS) is 18.3. The fraction of sp³-hybridized carbons (Fsp3) is 0.510. The molecule has 4 N–H and O–H groups in total. The van der Waals surface area contributed by atoms with Crippen molar-refractivity contribution in [3.8, 4) is 11.1 Å². The minimum absolute atomic E-state index is 0.0556. The molecule has 7 amide bonds. The third-order valence-corrected chi connectivity index (χ3v) is 13.9. The molecule has 0 aliphatic carbocycles. The first-order valence-corrected chi connectivity index (χ1v) is 24.3. The van der Waals surface area contributed by atoms with Gasteiger partial charge >= 0.3 is 6.03 Å². The Labute approximate surface area is 398 Å². The van der Waals surface area contributed by atoms with Crippen LogP contribution in [0, 0.1) is 0 Å². The van der Waals surface area contributed by atoms with Crippen molar-refractivity contribution in [2.24, 2.45) is 0 Å². The van der Waals surface area contributed by atoms with Crippen LogP contribution in [0.3, 0.4) is 0 Å². The van der Waals surface area contributed by atoms with E-state index in [-0.39, 0.29) is 47.5 Å². The number of amides is 7. The smallest absolute Gasteiger partial charge is 0.317 e. The molecule has 2 fully saturated rings. The lowest BCUT2D eigenvalue weighted by Gasteiger charge is -2.33. The van der Waals surface area contributed by atoms with Gasteiger partial charge in [0.05, 0.1) is 36.5 Å². The van der Waals surface area contributed by atoms with Gasteiger partial charge in [0.15, 0.2) is 5.82 Å². The number of piperidine rings is 1. The Morgan fingerprint density at radius 1 is 0.928 bits per heavy atom. The number of benzene rings is 2. The second kappa shape index (κ2) is 20.9. The minimum atomic E-state index is -2.75. The summed E-state index contributed by atoms with van der Waals surface area (Å²) in [7, 11) is 1.62. The molecule has 4 aromatic rings. The number of aryl methyl sites for hydroxylation is 1. The highest BCUT2D eigenvalue weighted by Gasteiger charge is 2.45. The van der Waals surface area contributed by atoms with E-state index in [1.54, 1.807) is 53.3 Å². The molecule has 1 unspecified atom stereocenters. The number of carbonyl (C=O) groups excluding carboxylic acids is 6. The van der Waals surface area contributed by atoms with Crippen molar-refractivity contribution in [3.05, 3.63) is 76.2 Å². The second-order valence-corrected chi connectivity index (χ2v) is 18.3. The third-order valence-electron chi connectivity index (χ3n) is 13.9. The van der Waals surface area contributed by atoms with Crippen LogP contribution in [-0.4, -0.2) is 117 Å². The number of carbonyl (C=O) groups is 6. The largest absolute Gasteiger partial charge is 0.384 e. The van der Waals surface area contributed by atoms with Gasteiger partial charge in [-0.05, 0) is 80.3 Å². The van der Waals surface area contributed by atoms with Crippen LogP contribution in [0.5, 0.6) is 0 Å². The Morgan fingerprint density at radius 3 is 2.54 bits per heavy atom. The molecule has 366 valence electrons. The maximum atomic E-state index is 15.0. The number of unbranched alkanes of at least 4 members (excludes halogenated alkanes) is 4. The van der Waals surface area contributed by atoms with Gasteiger partial charge in [0, 0.05) is 106 Å². The van der Waals surface area contributed by atoms with Crippen molar-refractivity contribution in [2.45, 2.75) is 115 Å². The quantitative estimate of drug-likeness (QED) is 0.0737. The molecule has 7 heterocycles. The van der Waals surface area contributed by atoms with Crippen LogP contribution >= 0.6 is 0 Å². The summed E-state index contributed by atoms with van der Waals surface area (Å²) in [5.74, 6) is -1.52. The number of hydrogen-bond acceptors (Lipinski definition) is 11. The van der Waals surface area contributed by atoms with Crippen molar-refractivity contribution in [1.29, 1.82) is 0 Å². The van der Waals surface area contributed by atoms with E-state index in [4.69, 9.17) is 9.84 Å². The SMILES string of the molecule is CNC(=O)N1CCc2c(c(N3CCCc4cc(-c5cnn(CCNC(=O)CCCCCCCNc6cccc7c6C(=O)N(C6CCC(=O)NC6=O)C7=O)c5)c(C(F)F)cc43)nn2C2CCOCC2)C1. The summed E-state index contributed by atoms with van der Waals surface area (Å²) >= 11 is 0. The molecular formula is C49H59F2N11O7. The fourth-order valence-corrected chi connectivity index (χ4v) is 10.4. The highest BCUT2D eigenvalue weighted by molar-refractivity contribution is 6.25. The maximum Gasteiger partial charge on any atom is 0.317 e. The van der Waals surface area contributed by atoms with E-state index in [2.05, 4.69) is 35.9 Å². The molecular weight excluding hydrogens is 893 g/mol. The number of nitrogens with one attached hydrogen (secondary N) is 4. The summed E-state index contributed by atoms with van der Waals surface area (Å²) in [5, 5.41) is 20.8. The molecule has 2 saturated heterocycles. The lowest BCUT2D eigenvalue weighted by Crippen LogP contribution is -2.54. The van der Waals surface area contributed by atoms with Crippen LogP contribution in [-0.2, 0) is 45.1 Å². The van der Waals surface area contributed by atoms with Gasteiger partial charge in [-0.3, -0.25) is 43.6 Å². The van der Waals surface area contributed by atoms with E-state index in [1.165, 1.54) is 0 Å². The first-order chi connectivity index (χ1) is 33.5. The number of imide groups is 2. The van der Waals surface area contributed by atoms with Gasteiger partial charge in [0.1, 0.15) is 6.04 Å². The molecule has 0 saturated carbocycles. The Bertz CT molecular complexity index is 2620. The van der Waals surface area contributed by atoms with Gasteiger partial charge in [-0.1, -0.05) is 25.3 Å². The number of hydrogen-bond donors (Lipinski definition) is 4. The summed E-state index contributed by atoms with van der Waals surface area (Å²) in [6, 6.07) is 7.44. The Balaban J connectivity index is 0.745. The van der Waals surface area contributed by atoms with Crippen molar-refractivity contribution in [2.75, 3.05) is 56.7 Å². The molecule has 18 nitrogen and oxygen atoms in total. The predicted octanol–water partition coefficient (Wildman–Crippen LogP) is 5.79. The van der Waals surface area contributed by atoms with E-state index in [9.17, 15) is 28.8 Å². The van der Waals surface area contributed by atoms with E-state index >= 15 is 8.78 Å². The van der Waals surface area contributed by atoms with Gasteiger partial charge in [0.2, 0.25) is 17.7 Å². The van der Waals surface area contributed by atoms with Gasteiger partial charge in [-0.25, -0.2) is 13.6 Å². The standard InChI is InChI=1S/C49H59F2N11O7/c1-52-49(68)58-21-15-38-36(29-58)45(57-62(38)32-16-23-69-24-17-32)60-20-8-9-30-25-34(35(44(50)51)26-40(30)60)31-27-55-59(28-31)22-19-54-41(63)12-5-3-2-4-6-18-53-37-11-7-10-33-43(37)48(67)61(47(33)66)39-13-14-42(64)56-46(39)65/h7,10-11,25-28,32,39,44,53H,2-6,8-9,12-24,29H2,1H3,(H,52,68)(H,54,63)(H,56,64,65). The molecule has 0 radical (unpaired) electrons. The van der Waals surface area contributed by atoms with Crippen LogP contribution < -0.4 is 26.2 Å². The second-order valence-electron chi connectivity index (χ2n) is 18.3. The molecule has 9 rings (SSSR count). The number of ether oxygens (including phenoxy) is 1. The lowest BCUT2D eigenvalue weighted by molar-refractivity contribution is -0.136. The molecule has 20 heteroatoms. The van der Waals surface area contributed by atoms with Crippen molar-refractivity contribution in [1.82, 2.24) is 45.3 Å². The summed E-state index contributed by atoms with van der Waals surface area (Å²) in [4.78, 5) is 80.8. The molecule has 2 aromatic carbocycles. The van der Waals surface area contributed by atoms with Gasteiger partial charge < -0.3 is 30.5 Å². The highest BCUT2D eigenvalue weighted by atomic mass is 19.3. The number of fused-ring (bicyclic) bond motifs is 3. The average Bonchev–Trinajstić information content (AvgIpc) is 4.06. The van der Waals surface area contributed by atoms with Crippen LogP contribution in [0.1, 0.15) is 126 Å². The molecule has 1 atom stereocenters. The number of aromatic nitrogens is 4. The van der Waals surface area contributed by atoms with Crippen LogP contribution in [0.4, 0.5) is 30.8 Å². The number of rotatable bonds is 17. The Hall–Kier alpha value is -6.70. The zero-order valence-corrected chi connectivity index (χ0v) is 38.9. The van der Waals surface area contributed by atoms with Crippen LogP contribution in [0.2, 0.25) is 0 Å². The molecule has 0 bridgehead atoms. The lowest BCUT2D eigenvalue weighted by atomic mass is 9.92. The van der Waals surface area contributed by atoms with Gasteiger partial charge in [-0.2, -0.15) is 10.2 Å². The predicted molar refractivity (Wildman–Crippen MR) is 250 cm³/mol. The molecule has 5 aliphatic rings. The number of urea groups is 1. The van der Waals surface area contributed by atoms with Gasteiger partial charge in [0.25, 0.3) is 18.2 Å². The van der Waals surface area contributed by atoms with Crippen LogP contribution in [0.15, 0.2) is 42.7 Å². The van der Waals surface area contributed by atoms with E-state index < -0.39 is 36.1 Å². The molecule has 2 aromatic heterocycles. The number of anilines is 3. The van der Waals surface area contributed by atoms with E-state index in [1.807, 2.05) is 6.07 Å². The maximum absolute atomic E-state index is 15.0. The van der Waals surface area contributed by atoms with E-state index in [0.717, 1.165) is 72.5 Å². The molecule has 0 spiro atoms. The van der Waals surface area contributed by atoms with Crippen molar-refractivity contribution in [3.63, 3.8) is 0 Å². The number of halogens is 2. The zero-order chi connectivity index (χ0) is 48.2. The molecule has 69 heavy (non-hydrogen) atoms. The highest BCUT2D eigenvalue weighted by Crippen LogP contribution is 2.44. The van der Waals surface area contributed by atoms with Crippen molar-refractivity contribution >= 4 is 52.8 Å². The first-order valence-electron chi connectivity index (χ1n) is 24.3.